The summed E-state index contributed by atoms with van der Waals surface area (Å²) in [6.07, 6.45) is 1.14. The van der Waals surface area contributed by atoms with Crippen LogP contribution < -0.4 is 11.1 Å². The summed E-state index contributed by atoms with van der Waals surface area (Å²) < 4.78 is 11.7. The molecular weight excluding hydrogens is 364 g/mol. The maximum Gasteiger partial charge on any atom is 0.333 e. The van der Waals surface area contributed by atoms with Crippen molar-refractivity contribution in [3.8, 4) is 0 Å². The predicted octanol–water partition coefficient (Wildman–Crippen LogP) is 0.613. The first-order valence-corrected chi connectivity index (χ1v) is 9.59. The number of fused-ring (bicyclic) bond motifs is 1. The molecule has 1 aromatic rings. The third-order valence-corrected chi connectivity index (χ3v) is 6.14. The van der Waals surface area contributed by atoms with Crippen LogP contribution in [0, 0.1) is 17.8 Å². The molecule has 1 heterocycles. The van der Waals surface area contributed by atoms with Crippen LogP contribution in [0.4, 0.5) is 0 Å². The van der Waals surface area contributed by atoms with Crippen molar-refractivity contribution in [3.63, 3.8) is 0 Å². The van der Waals surface area contributed by atoms with Gasteiger partial charge in [-0.15, -0.1) is 0 Å². The molecule has 28 heavy (non-hydrogen) atoms. The summed E-state index contributed by atoms with van der Waals surface area (Å²) in [6, 6.07) is 6.41. The second kappa shape index (κ2) is 7.52. The highest BCUT2D eigenvalue weighted by molar-refractivity contribution is 5.90. The van der Waals surface area contributed by atoms with Crippen LogP contribution >= 0.6 is 0 Å². The quantitative estimate of drug-likeness (QED) is 0.584. The lowest BCUT2D eigenvalue weighted by Crippen LogP contribution is -2.47. The molecule has 1 aliphatic heterocycles. The van der Waals surface area contributed by atoms with Gasteiger partial charge in [0, 0.05) is 0 Å². The van der Waals surface area contributed by atoms with Crippen LogP contribution in [-0.2, 0) is 23.9 Å². The number of hydrogen-bond donors (Lipinski definition) is 3. The lowest BCUT2D eigenvalue weighted by Gasteiger charge is -2.29. The summed E-state index contributed by atoms with van der Waals surface area (Å²) in [5.41, 5.74) is 6.19. The number of ether oxygens (including phenoxy) is 2. The zero-order valence-electron chi connectivity index (χ0n) is 15.3. The van der Waals surface area contributed by atoms with Crippen molar-refractivity contribution in [1.82, 2.24) is 5.32 Å². The van der Waals surface area contributed by atoms with Crippen LogP contribution in [0.1, 0.15) is 30.9 Å². The topological polar surface area (TPSA) is 128 Å². The molecular formula is C20H24N2O6. The first-order valence-electron chi connectivity index (χ1n) is 9.59. The summed E-state index contributed by atoms with van der Waals surface area (Å²) in [7, 11) is 0. The molecule has 4 N–H and O–H groups in total. The molecule has 8 heteroatoms. The van der Waals surface area contributed by atoms with Gasteiger partial charge in [-0.3, -0.25) is 9.59 Å². The summed E-state index contributed by atoms with van der Waals surface area (Å²) in [5, 5.41) is 11.4. The van der Waals surface area contributed by atoms with Crippen LogP contribution in [0.2, 0.25) is 0 Å². The van der Waals surface area contributed by atoms with Gasteiger partial charge in [0.25, 0.3) is 0 Å². The minimum Gasteiger partial charge on any atom is -0.481 e. The average molecular weight is 388 g/mol. The van der Waals surface area contributed by atoms with E-state index in [1.807, 2.05) is 0 Å². The van der Waals surface area contributed by atoms with E-state index in [-0.39, 0.29) is 12.2 Å². The molecule has 2 bridgehead atoms. The number of aliphatic carboxylic acids is 1. The van der Waals surface area contributed by atoms with Gasteiger partial charge in [-0.1, -0.05) is 30.3 Å². The van der Waals surface area contributed by atoms with Gasteiger partial charge in [-0.25, -0.2) is 4.79 Å². The molecule has 3 aliphatic rings. The third kappa shape index (κ3) is 3.49. The first-order chi connectivity index (χ1) is 13.4. The van der Waals surface area contributed by atoms with Crippen LogP contribution in [-0.4, -0.2) is 47.8 Å². The normalized spacial score (nSPS) is 32.0. The van der Waals surface area contributed by atoms with Crippen molar-refractivity contribution < 1.29 is 29.0 Å². The molecule has 1 amide bonds. The number of rotatable bonds is 7. The Morgan fingerprint density at radius 3 is 2.68 bits per heavy atom. The van der Waals surface area contributed by atoms with Crippen molar-refractivity contribution in [3.05, 3.63) is 35.9 Å². The molecule has 0 radical (unpaired) electrons. The minimum absolute atomic E-state index is 0.0610. The Kier molecular flexibility index (Phi) is 5.07. The van der Waals surface area contributed by atoms with E-state index in [1.54, 1.807) is 30.3 Å². The summed E-state index contributed by atoms with van der Waals surface area (Å²) in [6.45, 7) is 0.725. The Labute approximate surface area is 162 Å². The Bertz CT molecular complexity index is 767. The van der Waals surface area contributed by atoms with Gasteiger partial charge in [0.2, 0.25) is 5.91 Å². The fraction of sp³-hybridized carbons (Fsp3) is 0.550. The maximum atomic E-state index is 13.0. The van der Waals surface area contributed by atoms with Crippen molar-refractivity contribution in [2.45, 2.75) is 43.6 Å². The summed E-state index contributed by atoms with van der Waals surface area (Å²) >= 11 is 0. The number of carbonyl (C=O) groups is 3. The van der Waals surface area contributed by atoms with Crippen molar-refractivity contribution >= 4 is 17.8 Å². The number of benzene rings is 1. The monoisotopic (exact) mass is 388 g/mol. The van der Waals surface area contributed by atoms with Gasteiger partial charge < -0.3 is 25.6 Å². The van der Waals surface area contributed by atoms with Gasteiger partial charge >= 0.3 is 11.9 Å². The molecule has 4 rings (SSSR count). The van der Waals surface area contributed by atoms with E-state index in [1.165, 1.54) is 0 Å². The number of nitrogens with one attached hydrogen (secondary N) is 1. The van der Waals surface area contributed by atoms with Gasteiger partial charge in [-0.05, 0) is 36.2 Å². The molecule has 0 aromatic heterocycles. The van der Waals surface area contributed by atoms with Crippen molar-refractivity contribution in [2.24, 2.45) is 23.5 Å². The lowest BCUT2D eigenvalue weighted by atomic mass is 9.88. The van der Waals surface area contributed by atoms with E-state index in [0.29, 0.717) is 23.3 Å². The van der Waals surface area contributed by atoms with Crippen LogP contribution in [0.5, 0.6) is 0 Å². The lowest BCUT2D eigenvalue weighted by molar-refractivity contribution is -0.161. The van der Waals surface area contributed by atoms with Gasteiger partial charge in [0.05, 0.1) is 25.2 Å². The largest absolute Gasteiger partial charge is 0.481 e. The van der Waals surface area contributed by atoms with E-state index in [9.17, 15) is 14.4 Å². The maximum absolute atomic E-state index is 13.0. The molecule has 4 unspecified atom stereocenters. The highest BCUT2D eigenvalue weighted by Gasteiger charge is 2.59. The Balaban J connectivity index is 1.48. The van der Waals surface area contributed by atoms with E-state index < -0.39 is 36.4 Å². The van der Waals surface area contributed by atoms with E-state index in [0.717, 1.165) is 19.4 Å². The number of carbonyl (C=O) groups excluding carboxylic acids is 2. The van der Waals surface area contributed by atoms with E-state index in [2.05, 4.69) is 5.32 Å². The molecule has 2 saturated carbocycles. The summed E-state index contributed by atoms with van der Waals surface area (Å²) in [5.74, 6) is -1.14. The SMILES string of the molecule is N[C@@H](CC(=O)O)C(=O)N[C@@H](C(=O)O[C@@H]1C2CC3COC1C3C2)c1ccccc1. The molecule has 8 nitrogen and oxygen atoms in total. The number of amides is 1. The van der Waals surface area contributed by atoms with E-state index >= 15 is 0 Å². The smallest absolute Gasteiger partial charge is 0.333 e. The summed E-state index contributed by atoms with van der Waals surface area (Å²) in [4.78, 5) is 36.1. The number of esters is 1. The Morgan fingerprint density at radius 1 is 1.21 bits per heavy atom. The van der Waals surface area contributed by atoms with Crippen LogP contribution in [0.3, 0.4) is 0 Å². The van der Waals surface area contributed by atoms with Crippen molar-refractivity contribution in [2.75, 3.05) is 6.61 Å². The third-order valence-electron chi connectivity index (χ3n) is 6.14. The number of carboxylic acid groups (broad SMARTS) is 1. The predicted molar refractivity (Wildman–Crippen MR) is 96.9 cm³/mol. The molecule has 0 spiro atoms. The molecule has 1 aromatic carbocycles. The molecule has 3 fully saturated rings. The highest BCUT2D eigenvalue weighted by Crippen LogP contribution is 2.55. The number of hydrogen-bond acceptors (Lipinski definition) is 6. The fourth-order valence-electron chi connectivity index (χ4n) is 4.85. The standard InChI is InChI=1S/C20H24N2O6/c21-14(8-15(23)24)19(25)22-16(10-4-2-1-3-5-10)20(26)28-17-11-6-12-9-27-18(17)13(12)7-11/h1-5,11-14,16-18H,6-9,21H2,(H,22,25)(H,23,24)/t11?,12?,13?,14-,16+,17+,18?/m0/s1. The van der Waals surface area contributed by atoms with Crippen LogP contribution in [0.25, 0.3) is 0 Å². The van der Waals surface area contributed by atoms with Gasteiger partial charge in [-0.2, -0.15) is 0 Å². The minimum atomic E-state index is -1.25. The highest BCUT2D eigenvalue weighted by atomic mass is 16.6. The Morgan fingerprint density at radius 2 is 1.96 bits per heavy atom. The van der Waals surface area contributed by atoms with Crippen LogP contribution in [0.15, 0.2) is 30.3 Å². The van der Waals surface area contributed by atoms with Gasteiger partial charge in [0.1, 0.15) is 6.10 Å². The molecule has 7 atom stereocenters. The zero-order valence-corrected chi connectivity index (χ0v) is 15.3. The molecule has 2 aliphatic carbocycles. The fourth-order valence-corrected chi connectivity index (χ4v) is 4.85. The number of carboxylic acids is 1. The first kappa shape index (κ1) is 18.9. The van der Waals surface area contributed by atoms with Crippen molar-refractivity contribution in [1.29, 1.82) is 0 Å². The molecule has 150 valence electrons. The Hall–Kier alpha value is -2.45. The second-order valence-corrected chi connectivity index (χ2v) is 7.91. The van der Waals surface area contributed by atoms with E-state index in [4.69, 9.17) is 20.3 Å². The number of nitrogens with two attached hydrogens (primary N) is 1. The average Bonchev–Trinajstić information content (AvgIpc) is 3.29. The zero-order chi connectivity index (χ0) is 19.8. The molecule has 1 saturated heterocycles. The second-order valence-electron chi connectivity index (χ2n) is 7.91. The van der Waals surface area contributed by atoms with Gasteiger partial charge in [0.15, 0.2) is 6.04 Å².